The fraction of sp³-hybridized carbons (Fsp3) is 0.588. The molecule has 0 aliphatic carbocycles. The number of nitrogens with one attached hydrogen (secondary N) is 2. The number of hydrogen-bond donors (Lipinski definition) is 2. The van der Waals surface area contributed by atoms with Gasteiger partial charge in [0, 0.05) is 33.4 Å². The Hall–Kier alpha value is -1.22. The third-order valence-electron chi connectivity index (χ3n) is 3.30. The first-order chi connectivity index (χ1) is 11.2. The summed E-state index contributed by atoms with van der Waals surface area (Å²) in [5.74, 6) is 2.53. The lowest BCUT2D eigenvalue weighted by atomic mass is 10.1. The zero-order valence-electron chi connectivity index (χ0n) is 15.1. The number of ether oxygens (including phenoxy) is 3. The molecule has 1 aromatic carbocycles. The Morgan fingerprint density at radius 2 is 1.92 bits per heavy atom. The van der Waals surface area contributed by atoms with E-state index in [2.05, 4.69) is 22.5 Å². The van der Waals surface area contributed by atoms with E-state index in [1.165, 1.54) is 0 Å². The van der Waals surface area contributed by atoms with E-state index < -0.39 is 0 Å². The second kappa shape index (κ2) is 14.2. The van der Waals surface area contributed by atoms with Gasteiger partial charge in [-0.15, -0.1) is 24.0 Å². The maximum atomic E-state index is 5.40. The van der Waals surface area contributed by atoms with E-state index >= 15 is 0 Å². The molecule has 0 bridgehead atoms. The van der Waals surface area contributed by atoms with E-state index in [9.17, 15) is 0 Å². The molecule has 7 heteroatoms. The molecule has 0 spiro atoms. The maximum absolute atomic E-state index is 5.40. The number of guanidine groups is 1. The van der Waals surface area contributed by atoms with Gasteiger partial charge in [-0.2, -0.15) is 0 Å². The van der Waals surface area contributed by atoms with Crippen LogP contribution in [0.3, 0.4) is 0 Å². The minimum Gasteiger partial charge on any atom is -0.497 e. The van der Waals surface area contributed by atoms with Crippen LogP contribution in [0.5, 0.6) is 11.5 Å². The maximum Gasteiger partial charge on any atom is 0.191 e. The highest BCUT2D eigenvalue weighted by Gasteiger charge is 2.05. The molecule has 0 amide bonds. The standard InChI is InChI=1S/C17H29N3O3.HI/c1-5-18-17(19-10-6-12-21-2)20-11-9-14-13-15(22-3)7-8-16(14)23-4;/h7-8,13H,5-6,9-12H2,1-4H3,(H2,18,19,20);1H. The zero-order valence-corrected chi connectivity index (χ0v) is 17.4. The van der Waals surface area contributed by atoms with Gasteiger partial charge in [0.1, 0.15) is 11.5 Å². The Morgan fingerprint density at radius 3 is 2.54 bits per heavy atom. The lowest BCUT2D eigenvalue weighted by Gasteiger charge is -2.13. The summed E-state index contributed by atoms with van der Waals surface area (Å²) in [7, 11) is 5.05. The number of nitrogens with zero attached hydrogens (tertiary/aromatic N) is 1. The van der Waals surface area contributed by atoms with E-state index in [0.29, 0.717) is 0 Å². The Labute approximate surface area is 162 Å². The summed E-state index contributed by atoms with van der Waals surface area (Å²) in [4.78, 5) is 4.52. The molecule has 138 valence electrons. The summed E-state index contributed by atoms with van der Waals surface area (Å²) in [5.41, 5.74) is 1.11. The number of methoxy groups -OCH3 is 3. The Morgan fingerprint density at radius 1 is 1.12 bits per heavy atom. The number of hydrogen-bond acceptors (Lipinski definition) is 4. The van der Waals surface area contributed by atoms with Crippen molar-refractivity contribution in [3.05, 3.63) is 23.8 Å². The second-order valence-corrected chi connectivity index (χ2v) is 4.96. The molecule has 0 atom stereocenters. The molecule has 2 N–H and O–H groups in total. The van der Waals surface area contributed by atoms with Crippen LogP contribution >= 0.6 is 24.0 Å². The second-order valence-electron chi connectivity index (χ2n) is 4.96. The van der Waals surface area contributed by atoms with Crippen molar-refractivity contribution in [3.8, 4) is 11.5 Å². The van der Waals surface area contributed by atoms with E-state index in [1.807, 2.05) is 18.2 Å². The molecule has 0 unspecified atom stereocenters. The molecule has 0 saturated heterocycles. The molecule has 0 aliphatic heterocycles. The van der Waals surface area contributed by atoms with E-state index in [-0.39, 0.29) is 24.0 Å². The summed E-state index contributed by atoms with van der Waals surface area (Å²) < 4.78 is 15.7. The first-order valence-corrected chi connectivity index (χ1v) is 7.97. The monoisotopic (exact) mass is 451 g/mol. The van der Waals surface area contributed by atoms with Gasteiger partial charge in [-0.05, 0) is 43.5 Å². The van der Waals surface area contributed by atoms with Crippen molar-refractivity contribution in [2.24, 2.45) is 4.99 Å². The fourth-order valence-corrected chi connectivity index (χ4v) is 2.13. The molecule has 6 nitrogen and oxygen atoms in total. The lowest BCUT2D eigenvalue weighted by Crippen LogP contribution is -2.38. The summed E-state index contributed by atoms with van der Waals surface area (Å²) in [5, 5.41) is 6.58. The third kappa shape index (κ3) is 8.58. The van der Waals surface area contributed by atoms with Crippen molar-refractivity contribution in [3.63, 3.8) is 0 Å². The smallest absolute Gasteiger partial charge is 0.191 e. The number of halogens is 1. The molecule has 1 rings (SSSR count). The van der Waals surface area contributed by atoms with Crippen LogP contribution in [0, 0.1) is 0 Å². The van der Waals surface area contributed by atoms with Gasteiger partial charge < -0.3 is 24.8 Å². The highest BCUT2D eigenvalue weighted by Crippen LogP contribution is 2.24. The van der Waals surface area contributed by atoms with Gasteiger partial charge >= 0.3 is 0 Å². The van der Waals surface area contributed by atoms with E-state index in [4.69, 9.17) is 14.2 Å². The van der Waals surface area contributed by atoms with Gasteiger partial charge in [0.05, 0.1) is 14.2 Å². The summed E-state index contributed by atoms with van der Waals surface area (Å²) in [6.45, 7) is 5.12. The topological polar surface area (TPSA) is 64.1 Å². The van der Waals surface area contributed by atoms with Crippen LogP contribution in [0.2, 0.25) is 0 Å². The van der Waals surface area contributed by atoms with Crippen LogP contribution < -0.4 is 20.1 Å². The predicted molar refractivity (Wildman–Crippen MR) is 109 cm³/mol. The van der Waals surface area contributed by atoms with Gasteiger partial charge in [0.25, 0.3) is 0 Å². The molecule has 0 fully saturated rings. The van der Waals surface area contributed by atoms with Crippen LogP contribution in [0.1, 0.15) is 18.9 Å². The average Bonchev–Trinajstić information content (AvgIpc) is 2.58. The SMILES string of the molecule is CCNC(=NCCCOC)NCCc1cc(OC)ccc1OC.I. The number of rotatable bonds is 10. The zero-order chi connectivity index (χ0) is 16.9. The van der Waals surface area contributed by atoms with Crippen LogP contribution in [0.15, 0.2) is 23.2 Å². The van der Waals surface area contributed by atoms with Gasteiger partial charge in [-0.25, -0.2) is 0 Å². The minimum absolute atomic E-state index is 0. The van der Waals surface area contributed by atoms with Crippen molar-refractivity contribution >= 4 is 29.9 Å². The van der Waals surface area contributed by atoms with Crippen molar-refractivity contribution in [1.29, 1.82) is 0 Å². The Kier molecular flexibility index (Phi) is 13.4. The van der Waals surface area contributed by atoms with Crippen LogP contribution in [-0.4, -0.2) is 53.5 Å². The molecule has 0 heterocycles. The van der Waals surface area contributed by atoms with Crippen LogP contribution in [0.25, 0.3) is 0 Å². The van der Waals surface area contributed by atoms with E-state index in [1.54, 1.807) is 21.3 Å². The first kappa shape index (κ1) is 22.8. The molecule has 0 aromatic heterocycles. The Balaban J connectivity index is 0.00000529. The normalized spacial score (nSPS) is 10.8. The summed E-state index contributed by atoms with van der Waals surface area (Å²) in [6, 6.07) is 5.83. The van der Waals surface area contributed by atoms with Crippen LogP contribution in [0.4, 0.5) is 0 Å². The molecule has 1 aromatic rings. The van der Waals surface area contributed by atoms with Gasteiger partial charge in [0.2, 0.25) is 0 Å². The van der Waals surface area contributed by atoms with Crippen molar-refractivity contribution in [2.75, 3.05) is 47.6 Å². The summed E-state index contributed by atoms with van der Waals surface area (Å²) in [6.07, 6.45) is 1.74. The molecule has 24 heavy (non-hydrogen) atoms. The largest absolute Gasteiger partial charge is 0.497 e. The number of aliphatic imine (C=N–C) groups is 1. The molecule has 0 saturated carbocycles. The van der Waals surface area contributed by atoms with Gasteiger partial charge in [-0.3, -0.25) is 4.99 Å². The summed E-state index contributed by atoms with van der Waals surface area (Å²) >= 11 is 0. The molecular weight excluding hydrogens is 421 g/mol. The quantitative estimate of drug-likeness (QED) is 0.248. The van der Waals surface area contributed by atoms with Crippen LogP contribution in [-0.2, 0) is 11.2 Å². The lowest BCUT2D eigenvalue weighted by molar-refractivity contribution is 0.197. The van der Waals surface area contributed by atoms with Gasteiger partial charge in [-0.1, -0.05) is 0 Å². The number of benzene rings is 1. The van der Waals surface area contributed by atoms with Gasteiger partial charge in [0.15, 0.2) is 5.96 Å². The molecule has 0 radical (unpaired) electrons. The molecular formula is C17H30IN3O3. The van der Waals surface area contributed by atoms with E-state index in [0.717, 1.165) is 62.1 Å². The minimum atomic E-state index is 0. The first-order valence-electron chi connectivity index (χ1n) is 7.97. The Bertz CT molecular complexity index is 484. The van der Waals surface area contributed by atoms with Crippen molar-refractivity contribution in [2.45, 2.75) is 19.8 Å². The highest BCUT2D eigenvalue weighted by molar-refractivity contribution is 14.0. The highest BCUT2D eigenvalue weighted by atomic mass is 127. The van der Waals surface area contributed by atoms with Crippen molar-refractivity contribution in [1.82, 2.24) is 10.6 Å². The third-order valence-corrected chi connectivity index (χ3v) is 3.30. The van der Waals surface area contributed by atoms with Crippen molar-refractivity contribution < 1.29 is 14.2 Å². The predicted octanol–water partition coefficient (Wildman–Crippen LogP) is 2.46. The molecule has 0 aliphatic rings. The average molecular weight is 451 g/mol. The fourth-order valence-electron chi connectivity index (χ4n) is 2.13.